The van der Waals surface area contributed by atoms with Crippen molar-refractivity contribution in [1.82, 2.24) is 0 Å². The summed E-state index contributed by atoms with van der Waals surface area (Å²) in [5.41, 5.74) is 3.48. The third-order valence-electron chi connectivity index (χ3n) is 0.964. The molecule has 0 aliphatic rings. The highest BCUT2D eigenvalue weighted by molar-refractivity contribution is 7.56. The predicted molar refractivity (Wildman–Crippen MR) is 31.9 cm³/mol. The molecular formula is C4H12NO3P. The maximum absolute atomic E-state index is 10.5. The molecule has 9 heavy (non-hydrogen) atoms. The summed E-state index contributed by atoms with van der Waals surface area (Å²) in [7, 11) is -3.42. The Kier molecular flexibility index (Phi) is 4.06. The summed E-state index contributed by atoms with van der Waals surface area (Å²) in [5.74, 6) is 0. The molecule has 0 rings (SSSR count). The predicted octanol–water partition coefficient (Wildman–Crippen LogP) is -1.79. The van der Waals surface area contributed by atoms with Crippen molar-refractivity contribution in [2.75, 3.05) is 19.1 Å². The number of aliphatic hydroxyl groups is 1. The molecule has 56 valence electrons. The molecule has 0 spiro atoms. The maximum Gasteiger partial charge on any atom is 0.0836 e. The molecular weight excluding hydrogens is 141 g/mol. The first kappa shape index (κ1) is 9.11. The molecule has 0 radical (unpaired) electrons. The van der Waals surface area contributed by atoms with Gasteiger partial charge in [-0.05, 0) is 6.16 Å². The second-order valence-electron chi connectivity index (χ2n) is 1.89. The van der Waals surface area contributed by atoms with Crippen LogP contribution in [-0.4, -0.2) is 24.2 Å². The number of hydrogen-bond acceptors (Lipinski definition) is 3. The van der Waals surface area contributed by atoms with Gasteiger partial charge in [0.1, 0.15) is 0 Å². The van der Waals surface area contributed by atoms with Crippen LogP contribution in [0.15, 0.2) is 0 Å². The van der Waals surface area contributed by atoms with Crippen LogP contribution in [-0.2, 0) is 4.57 Å². The zero-order chi connectivity index (χ0) is 7.33. The molecule has 1 atom stereocenters. The largest absolute Gasteiger partial charge is 0.798 e. The molecule has 0 aromatic carbocycles. The summed E-state index contributed by atoms with van der Waals surface area (Å²) < 4.78 is 10.5. The number of hydrogen-bond donors (Lipinski definition) is 2. The first-order valence-electron chi connectivity index (χ1n) is 2.81. The van der Waals surface area contributed by atoms with Gasteiger partial charge in [0.05, 0.1) is 12.9 Å². The molecule has 5 heteroatoms. The van der Waals surface area contributed by atoms with Crippen LogP contribution in [0, 0.1) is 0 Å². The summed E-state index contributed by atoms with van der Waals surface area (Å²) in [6.45, 7) is 0.603. The quantitative estimate of drug-likeness (QED) is 0.467. The summed E-state index contributed by atoms with van der Waals surface area (Å²) in [5, 5.41) is 8.22. The fraction of sp³-hybridized carbons (Fsp3) is 1.00. The van der Waals surface area contributed by atoms with Crippen molar-refractivity contribution in [3.8, 4) is 0 Å². The second kappa shape index (κ2) is 4.01. The third kappa shape index (κ3) is 4.60. The van der Waals surface area contributed by atoms with Crippen molar-refractivity contribution >= 4 is 7.37 Å². The van der Waals surface area contributed by atoms with Crippen molar-refractivity contribution in [2.24, 2.45) is 0 Å². The molecule has 0 bridgehead atoms. The minimum atomic E-state index is -3.42. The molecule has 4 N–H and O–H groups in total. The normalized spacial score (nSPS) is 17.2. The SMILES string of the molecule is [NH3+]CCCP(=O)([O-])CO. The number of quaternary nitrogens is 1. The highest BCUT2D eigenvalue weighted by Gasteiger charge is 2.03. The molecule has 1 unspecified atom stereocenters. The van der Waals surface area contributed by atoms with E-state index < -0.39 is 13.7 Å². The van der Waals surface area contributed by atoms with Gasteiger partial charge in [0, 0.05) is 13.8 Å². The molecule has 0 saturated heterocycles. The van der Waals surface area contributed by atoms with Gasteiger partial charge in [-0.3, -0.25) is 0 Å². The van der Waals surface area contributed by atoms with Crippen LogP contribution in [0.4, 0.5) is 0 Å². The zero-order valence-corrected chi connectivity index (χ0v) is 6.14. The summed E-state index contributed by atoms with van der Waals surface area (Å²) in [6.07, 6.45) is -0.0959. The lowest BCUT2D eigenvalue weighted by molar-refractivity contribution is -0.367. The Morgan fingerprint density at radius 2 is 2.22 bits per heavy atom. The van der Waals surface area contributed by atoms with Crippen LogP contribution in [0.5, 0.6) is 0 Å². The van der Waals surface area contributed by atoms with Crippen LogP contribution in [0.3, 0.4) is 0 Å². The van der Waals surface area contributed by atoms with E-state index in [4.69, 9.17) is 5.11 Å². The summed E-state index contributed by atoms with van der Waals surface area (Å²) in [6, 6.07) is 0. The topological polar surface area (TPSA) is 88.0 Å². The Morgan fingerprint density at radius 1 is 1.67 bits per heavy atom. The first-order chi connectivity index (χ1) is 4.12. The van der Waals surface area contributed by atoms with Gasteiger partial charge in [0.2, 0.25) is 0 Å². The van der Waals surface area contributed by atoms with Crippen molar-refractivity contribution in [3.63, 3.8) is 0 Å². The van der Waals surface area contributed by atoms with Gasteiger partial charge >= 0.3 is 0 Å². The van der Waals surface area contributed by atoms with E-state index in [0.717, 1.165) is 0 Å². The van der Waals surface area contributed by atoms with E-state index in [1.165, 1.54) is 0 Å². The van der Waals surface area contributed by atoms with E-state index in [1.807, 2.05) is 0 Å². The minimum absolute atomic E-state index is 0.0764. The van der Waals surface area contributed by atoms with Gasteiger partial charge in [0.15, 0.2) is 0 Å². The van der Waals surface area contributed by atoms with Crippen molar-refractivity contribution in [1.29, 1.82) is 0 Å². The van der Waals surface area contributed by atoms with Crippen molar-refractivity contribution in [3.05, 3.63) is 0 Å². The minimum Gasteiger partial charge on any atom is -0.798 e. The molecule has 0 aliphatic carbocycles. The smallest absolute Gasteiger partial charge is 0.0836 e. The monoisotopic (exact) mass is 153 g/mol. The van der Waals surface area contributed by atoms with Crippen LogP contribution in [0.25, 0.3) is 0 Å². The Hall–Kier alpha value is 0.110. The van der Waals surface area contributed by atoms with Crippen LogP contribution in [0.1, 0.15) is 6.42 Å². The second-order valence-corrected chi connectivity index (χ2v) is 4.25. The standard InChI is InChI=1S/C4H12NO3P/c5-2-1-3-9(7,8)4-6/h6H,1-5H2,(H,7,8). The summed E-state index contributed by atoms with van der Waals surface area (Å²) >= 11 is 0. The molecule has 0 fully saturated rings. The van der Waals surface area contributed by atoms with Crippen LogP contribution in [0.2, 0.25) is 0 Å². The Morgan fingerprint density at radius 3 is 2.56 bits per heavy atom. The number of rotatable bonds is 4. The Bertz CT molecular complexity index is 116. The fourth-order valence-corrected chi connectivity index (χ4v) is 1.27. The number of aliphatic hydroxyl groups excluding tert-OH is 1. The molecule has 0 aliphatic heterocycles. The summed E-state index contributed by atoms with van der Waals surface area (Å²) in [4.78, 5) is 10.5. The van der Waals surface area contributed by atoms with E-state index in [0.29, 0.717) is 13.0 Å². The molecule has 0 saturated carbocycles. The van der Waals surface area contributed by atoms with E-state index >= 15 is 0 Å². The van der Waals surface area contributed by atoms with Gasteiger partial charge in [-0.2, -0.15) is 0 Å². The third-order valence-corrected chi connectivity index (χ3v) is 2.39. The van der Waals surface area contributed by atoms with E-state index in [-0.39, 0.29) is 6.16 Å². The zero-order valence-electron chi connectivity index (χ0n) is 5.25. The molecule has 0 aromatic rings. The van der Waals surface area contributed by atoms with Crippen molar-refractivity contribution < 1.29 is 20.3 Å². The Labute approximate surface area is 54.1 Å². The average Bonchev–Trinajstić information content (AvgIpc) is 1.84. The van der Waals surface area contributed by atoms with Gasteiger partial charge in [0.25, 0.3) is 0 Å². The van der Waals surface area contributed by atoms with Gasteiger partial charge in [-0.25, -0.2) is 0 Å². The molecule has 4 nitrogen and oxygen atoms in total. The fourth-order valence-electron chi connectivity index (χ4n) is 0.423. The van der Waals surface area contributed by atoms with E-state index in [9.17, 15) is 9.46 Å². The lowest BCUT2D eigenvalue weighted by atomic mass is 10.5. The lowest BCUT2D eigenvalue weighted by Crippen LogP contribution is -2.50. The molecule has 0 heterocycles. The molecule has 0 aromatic heterocycles. The van der Waals surface area contributed by atoms with Crippen LogP contribution >= 0.6 is 7.37 Å². The first-order valence-corrected chi connectivity index (χ1v) is 4.81. The average molecular weight is 153 g/mol. The Balaban J connectivity index is 3.46. The van der Waals surface area contributed by atoms with E-state index in [2.05, 4.69) is 5.73 Å². The van der Waals surface area contributed by atoms with Crippen molar-refractivity contribution in [2.45, 2.75) is 6.42 Å². The van der Waals surface area contributed by atoms with Gasteiger partial charge < -0.3 is 20.3 Å². The highest BCUT2D eigenvalue weighted by Crippen LogP contribution is 2.33. The van der Waals surface area contributed by atoms with Gasteiger partial charge in [-0.15, -0.1) is 0 Å². The molecule has 0 amide bonds. The maximum atomic E-state index is 10.5. The van der Waals surface area contributed by atoms with Crippen LogP contribution < -0.4 is 10.6 Å². The lowest BCUT2D eigenvalue weighted by Gasteiger charge is -2.18. The highest BCUT2D eigenvalue weighted by atomic mass is 31.2. The van der Waals surface area contributed by atoms with Gasteiger partial charge in [-0.1, -0.05) is 0 Å². The van der Waals surface area contributed by atoms with E-state index in [1.54, 1.807) is 0 Å².